The highest BCUT2D eigenvalue weighted by molar-refractivity contribution is 6.25. The molecule has 2 N–H and O–H groups in total. The molecule has 3 heteroatoms. The second-order valence-corrected chi connectivity index (χ2v) is 3.22. The fraction of sp³-hybridized carbons (Fsp3) is 0.273. The molecule has 0 bridgehead atoms. The number of halogens is 1. The lowest BCUT2D eigenvalue weighted by atomic mass is 10.1. The van der Waals surface area contributed by atoms with Crippen LogP contribution in [-0.2, 0) is 13.2 Å². The molecule has 0 radical (unpaired) electrons. The van der Waals surface area contributed by atoms with Crippen LogP contribution >= 0.6 is 11.6 Å². The van der Waals surface area contributed by atoms with Gasteiger partial charge in [-0.05, 0) is 11.1 Å². The van der Waals surface area contributed by atoms with Crippen molar-refractivity contribution in [2.45, 2.75) is 13.2 Å². The van der Waals surface area contributed by atoms with Crippen LogP contribution in [0.3, 0.4) is 0 Å². The molecule has 0 atom stereocenters. The summed E-state index contributed by atoms with van der Waals surface area (Å²) in [5.41, 5.74) is 3.64. The Hall–Kier alpha value is -0.830. The smallest absolute Gasteiger partial charge is 0.0681 e. The molecule has 0 saturated heterocycles. The average molecular weight is 212 g/mol. The van der Waals surface area contributed by atoms with E-state index in [9.17, 15) is 0 Å². The highest BCUT2D eigenvalue weighted by Crippen LogP contribution is 2.03. The van der Waals surface area contributed by atoms with Gasteiger partial charge in [0.1, 0.15) is 0 Å². The lowest BCUT2D eigenvalue weighted by Crippen LogP contribution is -2.12. The maximum atomic E-state index is 8.84. The summed E-state index contributed by atoms with van der Waals surface area (Å²) in [4.78, 5) is 0. The monoisotopic (exact) mass is 211 g/mol. The number of hydrogen-bond acceptors (Lipinski definition) is 2. The van der Waals surface area contributed by atoms with Gasteiger partial charge in [-0.25, -0.2) is 0 Å². The van der Waals surface area contributed by atoms with Gasteiger partial charge in [-0.15, -0.1) is 0 Å². The molecule has 0 fully saturated rings. The molecule has 0 saturated carbocycles. The molecule has 1 rings (SSSR count). The van der Waals surface area contributed by atoms with Crippen LogP contribution in [0.25, 0.3) is 0 Å². The van der Waals surface area contributed by atoms with Crippen molar-refractivity contribution >= 4 is 11.6 Å². The average Bonchev–Trinajstić information content (AvgIpc) is 2.25. The van der Waals surface area contributed by atoms with E-state index >= 15 is 0 Å². The summed E-state index contributed by atoms with van der Waals surface area (Å²) in [7, 11) is 0. The van der Waals surface area contributed by atoms with Crippen LogP contribution in [0.4, 0.5) is 0 Å². The SMILES string of the molecule is OCc1ccc(CNC/C=C/Cl)cc1. The summed E-state index contributed by atoms with van der Waals surface area (Å²) >= 11 is 5.37. The van der Waals surface area contributed by atoms with E-state index in [1.807, 2.05) is 30.3 Å². The van der Waals surface area contributed by atoms with E-state index in [4.69, 9.17) is 16.7 Å². The molecule has 0 aliphatic rings. The van der Waals surface area contributed by atoms with E-state index in [1.54, 1.807) is 0 Å². The summed E-state index contributed by atoms with van der Waals surface area (Å²) in [5.74, 6) is 0. The predicted octanol–water partition coefficient (Wildman–Crippen LogP) is 2.02. The third kappa shape index (κ3) is 3.92. The van der Waals surface area contributed by atoms with Gasteiger partial charge in [-0.2, -0.15) is 0 Å². The minimum absolute atomic E-state index is 0.0999. The maximum absolute atomic E-state index is 8.84. The number of hydrogen-bond donors (Lipinski definition) is 2. The maximum Gasteiger partial charge on any atom is 0.0681 e. The van der Waals surface area contributed by atoms with Gasteiger partial charge in [0.25, 0.3) is 0 Å². The molecule has 14 heavy (non-hydrogen) atoms. The Morgan fingerprint density at radius 3 is 2.43 bits per heavy atom. The second kappa shape index (κ2) is 6.60. The van der Waals surface area contributed by atoms with Crippen LogP contribution in [0.1, 0.15) is 11.1 Å². The minimum Gasteiger partial charge on any atom is -0.392 e. The molecule has 2 nitrogen and oxygen atoms in total. The summed E-state index contributed by atoms with van der Waals surface area (Å²) < 4.78 is 0. The van der Waals surface area contributed by atoms with Gasteiger partial charge in [-0.1, -0.05) is 41.9 Å². The normalized spacial score (nSPS) is 11.0. The lowest BCUT2D eigenvalue weighted by molar-refractivity contribution is 0.282. The van der Waals surface area contributed by atoms with Gasteiger partial charge in [0.15, 0.2) is 0 Å². The van der Waals surface area contributed by atoms with E-state index in [0.29, 0.717) is 0 Å². The summed E-state index contributed by atoms with van der Waals surface area (Å²) in [6.07, 6.45) is 1.85. The van der Waals surface area contributed by atoms with Crippen molar-refractivity contribution in [1.82, 2.24) is 5.32 Å². The highest BCUT2D eigenvalue weighted by atomic mass is 35.5. The first kappa shape index (κ1) is 11.2. The van der Waals surface area contributed by atoms with Crippen molar-refractivity contribution in [1.29, 1.82) is 0 Å². The van der Waals surface area contributed by atoms with Gasteiger partial charge in [0, 0.05) is 18.6 Å². The van der Waals surface area contributed by atoms with E-state index in [1.165, 1.54) is 11.1 Å². The number of benzene rings is 1. The zero-order valence-electron chi connectivity index (χ0n) is 7.91. The molecular formula is C11H14ClNO. The second-order valence-electron chi connectivity index (χ2n) is 2.97. The van der Waals surface area contributed by atoms with Gasteiger partial charge in [0.05, 0.1) is 6.61 Å². The third-order valence-corrected chi connectivity index (χ3v) is 2.06. The largest absolute Gasteiger partial charge is 0.392 e. The van der Waals surface area contributed by atoms with Crippen LogP contribution in [0, 0.1) is 0 Å². The first-order chi connectivity index (χ1) is 6.86. The number of aliphatic hydroxyl groups excluding tert-OH is 1. The molecule has 1 aromatic carbocycles. The van der Waals surface area contributed by atoms with E-state index in [-0.39, 0.29) is 6.61 Å². The predicted molar refractivity (Wildman–Crippen MR) is 59.1 cm³/mol. The van der Waals surface area contributed by atoms with Crippen LogP contribution in [0.5, 0.6) is 0 Å². The first-order valence-corrected chi connectivity index (χ1v) is 4.95. The first-order valence-electron chi connectivity index (χ1n) is 4.51. The zero-order chi connectivity index (χ0) is 10.2. The van der Waals surface area contributed by atoms with Crippen molar-refractivity contribution in [2.75, 3.05) is 6.54 Å². The summed E-state index contributed by atoms with van der Waals surface area (Å²) in [5, 5.41) is 12.0. The molecule has 0 aliphatic heterocycles. The Bertz CT molecular complexity index is 282. The van der Waals surface area contributed by atoms with Gasteiger partial charge in [-0.3, -0.25) is 0 Å². The summed E-state index contributed by atoms with van der Waals surface area (Å²) in [6, 6.07) is 7.86. The number of aliphatic hydroxyl groups is 1. The Morgan fingerprint density at radius 1 is 1.21 bits per heavy atom. The highest BCUT2D eigenvalue weighted by Gasteiger charge is 1.92. The fourth-order valence-electron chi connectivity index (χ4n) is 1.11. The molecule has 1 aromatic rings. The lowest BCUT2D eigenvalue weighted by Gasteiger charge is -2.02. The fourth-order valence-corrected chi connectivity index (χ4v) is 1.20. The quantitative estimate of drug-likeness (QED) is 0.731. The van der Waals surface area contributed by atoms with E-state index < -0.39 is 0 Å². The van der Waals surface area contributed by atoms with Gasteiger partial charge < -0.3 is 10.4 Å². The molecule has 0 amide bonds. The minimum atomic E-state index is 0.0999. The Morgan fingerprint density at radius 2 is 1.86 bits per heavy atom. The van der Waals surface area contributed by atoms with Crippen molar-refractivity contribution in [3.8, 4) is 0 Å². The Kier molecular flexibility index (Phi) is 5.30. The van der Waals surface area contributed by atoms with Crippen molar-refractivity contribution in [3.05, 3.63) is 47.0 Å². The Labute approximate surface area is 89.2 Å². The van der Waals surface area contributed by atoms with Crippen molar-refractivity contribution in [3.63, 3.8) is 0 Å². The van der Waals surface area contributed by atoms with Gasteiger partial charge >= 0.3 is 0 Å². The topological polar surface area (TPSA) is 32.3 Å². The summed E-state index contributed by atoms with van der Waals surface area (Å²) in [6.45, 7) is 1.68. The molecule has 0 unspecified atom stereocenters. The standard InChI is InChI=1S/C11H14ClNO/c12-6-1-7-13-8-10-2-4-11(9-14)5-3-10/h1-6,13-14H,7-9H2/b6-1+. The van der Waals surface area contributed by atoms with E-state index in [0.717, 1.165) is 18.7 Å². The number of rotatable bonds is 5. The third-order valence-electron chi connectivity index (χ3n) is 1.89. The van der Waals surface area contributed by atoms with E-state index in [2.05, 4.69) is 5.32 Å². The molecular weight excluding hydrogens is 198 g/mol. The molecule has 0 aromatic heterocycles. The van der Waals surface area contributed by atoms with Gasteiger partial charge in [0.2, 0.25) is 0 Å². The molecule has 0 spiro atoms. The van der Waals surface area contributed by atoms with Crippen LogP contribution in [0.2, 0.25) is 0 Å². The number of nitrogens with one attached hydrogen (secondary N) is 1. The molecule has 0 heterocycles. The molecule has 0 aliphatic carbocycles. The Balaban J connectivity index is 2.36. The van der Waals surface area contributed by atoms with Crippen LogP contribution in [0.15, 0.2) is 35.9 Å². The van der Waals surface area contributed by atoms with Crippen molar-refractivity contribution < 1.29 is 5.11 Å². The van der Waals surface area contributed by atoms with Crippen LogP contribution in [-0.4, -0.2) is 11.7 Å². The van der Waals surface area contributed by atoms with Crippen molar-refractivity contribution in [2.24, 2.45) is 0 Å². The molecule has 76 valence electrons. The zero-order valence-corrected chi connectivity index (χ0v) is 8.67. The van der Waals surface area contributed by atoms with Crippen LogP contribution < -0.4 is 5.32 Å².